The van der Waals surface area contributed by atoms with Gasteiger partial charge in [0, 0.05) is 45.5 Å². The molecule has 0 aromatic heterocycles. The van der Waals surface area contributed by atoms with Crippen molar-refractivity contribution in [2.75, 3.05) is 44.7 Å². The highest BCUT2D eigenvalue weighted by Crippen LogP contribution is 2.28. The maximum Gasteiger partial charge on any atom is 0.231 e. The maximum absolute atomic E-state index is 11.7. The number of likely N-dealkylation sites (N-methyl/N-ethyl adjacent to an activating group) is 1. The summed E-state index contributed by atoms with van der Waals surface area (Å²) in [5.41, 5.74) is 3.60. The number of carbonyl (C=O) groups is 1. The molecule has 1 saturated heterocycles. The van der Waals surface area contributed by atoms with E-state index in [1.165, 1.54) is 11.1 Å². The summed E-state index contributed by atoms with van der Waals surface area (Å²) in [6.45, 7) is 5.59. The maximum atomic E-state index is 11.7. The monoisotopic (exact) mass is 259 g/mol. The number of hydrogen-bond acceptors (Lipinski definition) is 3. The molecule has 19 heavy (non-hydrogen) atoms. The quantitative estimate of drug-likeness (QED) is 0.866. The Morgan fingerprint density at radius 3 is 2.84 bits per heavy atom. The Morgan fingerprint density at radius 2 is 2.05 bits per heavy atom. The number of hydrogen-bond donors (Lipinski definition) is 1. The number of benzene rings is 1. The summed E-state index contributed by atoms with van der Waals surface area (Å²) in [7, 11) is 1.87. The first kappa shape index (κ1) is 12.6. The fraction of sp³-hybridized carbons (Fsp3) is 0.533. The van der Waals surface area contributed by atoms with Crippen LogP contribution in [0.1, 0.15) is 11.1 Å². The highest BCUT2D eigenvalue weighted by molar-refractivity contribution is 6.00. The number of nitrogens with one attached hydrogen (secondary N) is 1. The van der Waals surface area contributed by atoms with Crippen molar-refractivity contribution in [1.82, 2.24) is 10.2 Å². The highest BCUT2D eigenvalue weighted by atomic mass is 16.2. The van der Waals surface area contributed by atoms with E-state index in [9.17, 15) is 4.79 Å². The number of piperazine rings is 1. The second kappa shape index (κ2) is 5.31. The second-order valence-electron chi connectivity index (χ2n) is 5.43. The van der Waals surface area contributed by atoms with Crippen LogP contribution in [0, 0.1) is 0 Å². The minimum absolute atomic E-state index is 0.203. The van der Waals surface area contributed by atoms with Gasteiger partial charge in [-0.15, -0.1) is 0 Å². The minimum Gasteiger partial charge on any atom is -0.315 e. The van der Waals surface area contributed by atoms with E-state index in [-0.39, 0.29) is 5.91 Å². The van der Waals surface area contributed by atoms with E-state index in [0.717, 1.165) is 44.8 Å². The first-order valence-corrected chi connectivity index (χ1v) is 7.05. The van der Waals surface area contributed by atoms with Crippen LogP contribution in [0.25, 0.3) is 0 Å². The van der Waals surface area contributed by atoms with Crippen LogP contribution in [0.5, 0.6) is 0 Å². The smallest absolute Gasteiger partial charge is 0.231 e. The Kier molecular flexibility index (Phi) is 3.53. The molecule has 0 saturated carbocycles. The van der Waals surface area contributed by atoms with Crippen molar-refractivity contribution >= 4 is 11.6 Å². The largest absolute Gasteiger partial charge is 0.315 e. The van der Waals surface area contributed by atoms with Gasteiger partial charge in [0.25, 0.3) is 0 Å². The van der Waals surface area contributed by atoms with E-state index in [0.29, 0.717) is 6.42 Å². The van der Waals surface area contributed by atoms with Crippen LogP contribution in [0.3, 0.4) is 0 Å². The minimum atomic E-state index is 0.203. The summed E-state index contributed by atoms with van der Waals surface area (Å²) < 4.78 is 0. The fourth-order valence-electron chi connectivity index (χ4n) is 2.86. The number of rotatable bonds is 3. The summed E-state index contributed by atoms with van der Waals surface area (Å²) >= 11 is 0. The molecule has 0 bridgehead atoms. The molecule has 1 N–H and O–H groups in total. The molecule has 2 aliphatic rings. The van der Waals surface area contributed by atoms with Crippen molar-refractivity contribution in [3.63, 3.8) is 0 Å². The van der Waals surface area contributed by atoms with Gasteiger partial charge >= 0.3 is 0 Å². The SMILES string of the molecule is CN1C(=O)Cc2ccc(CCN3CCNCC3)cc21. The van der Waals surface area contributed by atoms with Gasteiger partial charge in [-0.3, -0.25) is 4.79 Å². The van der Waals surface area contributed by atoms with Gasteiger partial charge in [-0.05, 0) is 23.6 Å². The number of nitrogens with zero attached hydrogens (tertiary/aromatic N) is 2. The molecule has 4 heteroatoms. The molecular formula is C15H21N3O. The predicted octanol–water partition coefficient (Wildman–Crippen LogP) is 0.653. The molecule has 1 aromatic carbocycles. The molecule has 1 aromatic rings. The molecule has 3 rings (SSSR count). The fourth-order valence-corrected chi connectivity index (χ4v) is 2.86. The third-order valence-electron chi connectivity index (χ3n) is 4.15. The van der Waals surface area contributed by atoms with Crippen LogP contribution in [0.4, 0.5) is 5.69 Å². The van der Waals surface area contributed by atoms with Crippen molar-refractivity contribution in [1.29, 1.82) is 0 Å². The molecule has 0 atom stereocenters. The van der Waals surface area contributed by atoms with Crippen LogP contribution in [0.2, 0.25) is 0 Å². The van der Waals surface area contributed by atoms with Gasteiger partial charge in [-0.1, -0.05) is 12.1 Å². The second-order valence-corrected chi connectivity index (χ2v) is 5.43. The van der Waals surface area contributed by atoms with Crippen LogP contribution < -0.4 is 10.2 Å². The lowest BCUT2D eigenvalue weighted by molar-refractivity contribution is -0.117. The highest BCUT2D eigenvalue weighted by Gasteiger charge is 2.23. The van der Waals surface area contributed by atoms with Crippen LogP contribution in [-0.4, -0.2) is 50.6 Å². The van der Waals surface area contributed by atoms with Gasteiger partial charge in [-0.25, -0.2) is 0 Å². The molecule has 0 spiro atoms. The predicted molar refractivity (Wildman–Crippen MR) is 76.6 cm³/mol. The van der Waals surface area contributed by atoms with Gasteiger partial charge in [0.15, 0.2) is 0 Å². The number of carbonyl (C=O) groups excluding carboxylic acids is 1. The zero-order valence-corrected chi connectivity index (χ0v) is 11.5. The Bertz CT molecular complexity index is 480. The van der Waals surface area contributed by atoms with Gasteiger partial charge < -0.3 is 15.1 Å². The summed E-state index contributed by atoms with van der Waals surface area (Å²) in [6.07, 6.45) is 1.62. The summed E-state index contributed by atoms with van der Waals surface area (Å²) in [5, 5.41) is 3.37. The van der Waals surface area contributed by atoms with E-state index >= 15 is 0 Å². The summed E-state index contributed by atoms with van der Waals surface area (Å²) in [5.74, 6) is 0.203. The summed E-state index contributed by atoms with van der Waals surface area (Å²) in [4.78, 5) is 15.9. The third-order valence-corrected chi connectivity index (χ3v) is 4.15. The Hall–Kier alpha value is -1.39. The van der Waals surface area contributed by atoms with Gasteiger partial charge in [-0.2, -0.15) is 0 Å². The van der Waals surface area contributed by atoms with Crippen LogP contribution >= 0.6 is 0 Å². The molecule has 0 unspecified atom stereocenters. The van der Waals surface area contributed by atoms with E-state index in [4.69, 9.17) is 0 Å². The van der Waals surface area contributed by atoms with E-state index in [1.54, 1.807) is 4.90 Å². The molecule has 0 aliphatic carbocycles. The van der Waals surface area contributed by atoms with Crippen molar-refractivity contribution in [3.05, 3.63) is 29.3 Å². The average molecular weight is 259 g/mol. The van der Waals surface area contributed by atoms with Crippen molar-refractivity contribution in [2.45, 2.75) is 12.8 Å². The zero-order chi connectivity index (χ0) is 13.2. The number of fused-ring (bicyclic) bond motifs is 1. The van der Waals surface area contributed by atoms with E-state index in [2.05, 4.69) is 28.4 Å². The molecule has 0 radical (unpaired) electrons. The lowest BCUT2D eigenvalue weighted by Crippen LogP contribution is -2.44. The Balaban J connectivity index is 1.64. The molecular weight excluding hydrogens is 238 g/mol. The van der Waals surface area contributed by atoms with E-state index in [1.807, 2.05) is 7.05 Å². The Morgan fingerprint density at radius 1 is 1.26 bits per heavy atom. The first-order chi connectivity index (χ1) is 9.24. The molecule has 1 amide bonds. The van der Waals surface area contributed by atoms with Crippen molar-refractivity contribution < 1.29 is 4.79 Å². The standard InChI is InChI=1S/C15H21N3O/c1-17-14-10-12(2-3-13(14)11-15(17)19)4-7-18-8-5-16-6-9-18/h2-3,10,16H,4-9,11H2,1H3. The third kappa shape index (κ3) is 2.65. The summed E-state index contributed by atoms with van der Waals surface area (Å²) in [6, 6.07) is 6.47. The molecule has 102 valence electrons. The first-order valence-electron chi connectivity index (χ1n) is 7.05. The topological polar surface area (TPSA) is 35.6 Å². The average Bonchev–Trinajstić information content (AvgIpc) is 2.73. The lowest BCUT2D eigenvalue weighted by atomic mass is 10.1. The number of amides is 1. The number of anilines is 1. The van der Waals surface area contributed by atoms with Gasteiger partial charge in [0.1, 0.15) is 0 Å². The van der Waals surface area contributed by atoms with Gasteiger partial charge in [0.2, 0.25) is 5.91 Å². The molecule has 2 heterocycles. The molecule has 1 fully saturated rings. The van der Waals surface area contributed by atoms with Gasteiger partial charge in [0.05, 0.1) is 6.42 Å². The molecule has 4 nitrogen and oxygen atoms in total. The van der Waals surface area contributed by atoms with Crippen LogP contribution in [-0.2, 0) is 17.6 Å². The lowest BCUT2D eigenvalue weighted by Gasteiger charge is -2.27. The van der Waals surface area contributed by atoms with E-state index < -0.39 is 0 Å². The Labute approximate surface area is 114 Å². The molecule has 2 aliphatic heterocycles. The normalized spacial score (nSPS) is 19.8. The zero-order valence-electron chi connectivity index (χ0n) is 11.5. The van der Waals surface area contributed by atoms with Crippen LogP contribution in [0.15, 0.2) is 18.2 Å². The van der Waals surface area contributed by atoms with Crippen molar-refractivity contribution in [2.24, 2.45) is 0 Å². The van der Waals surface area contributed by atoms with Crippen molar-refractivity contribution in [3.8, 4) is 0 Å².